The second-order valence-corrected chi connectivity index (χ2v) is 4.61. The summed E-state index contributed by atoms with van der Waals surface area (Å²) in [4.78, 5) is 16.0. The highest BCUT2D eigenvalue weighted by Gasteiger charge is 2.08. The highest BCUT2D eigenvalue weighted by atomic mass is 32.1. The van der Waals surface area contributed by atoms with Crippen LogP contribution in [-0.4, -0.2) is 26.3 Å². The number of hydrogen-bond donors (Lipinski definition) is 2. The molecule has 7 heteroatoms. The van der Waals surface area contributed by atoms with Crippen molar-refractivity contribution < 1.29 is 4.79 Å². The summed E-state index contributed by atoms with van der Waals surface area (Å²) in [6, 6.07) is 5.19. The van der Waals surface area contributed by atoms with E-state index in [9.17, 15) is 4.79 Å². The van der Waals surface area contributed by atoms with Gasteiger partial charge in [0.15, 0.2) is 0 Å². The Kier molecular flexibility index (Phi) is 2.73. The molecule has 18 heavy (non-hydrogen) atoms. The lowest BCUT2D eigenvalue weighted by atomic mass is 10.2. The van der Waals surface area contributed by atoms with E-state index in [1.165, 1.54) is 11.3 Å². The van der Waals surface area contributed by atoms with E-state index in [1.807, 2.05) is 5.38 Å². The normalized spacial score (nSPS) is 10.7. The first kappa shape index (κ1) is 10.8. The standard InChI is InChI=1S/C11H9N5OS/c17-11(13-6-10-12-3-4-18-10)7-1-2-8-9(5-7)15-16-14-8/h1-5H,6H2,(H,13,17)(H,14,15,16). The summed E-state index contributed by atoms with van der Waals surface area (Å²) < 4.78 is 0. The van der Waals surface area contributed by atoms with Gasteiger partial charge in [-0.1, -0.05) is 0 Å². The third-order valence-corrected chi connectivity index (χ3v) is 3.24. The Morgan fingerprint density at radius 2 is 2.22 bits per heavy atom. The van der Waals surface area contributed by atoms with E-state index in [0.717, 1.165) is 10.5 Å². The van der Waals surface area contributed by atoms with E-state index in [-0.39, 0.29) is 5.91 Å². The number of carbonyl (C=O) groups excluding carboxylic acids is 1. The third kappa shape index (κ3) is 2.07. The number of hydrogen-bond acceptors (Lipinski definition) is 5. The van der Waals surface area contributed by atoms with Crippen molar-refractivity contribution in [2.45, 2.75) is 6.54 Å². The maximum atomic E-state index is 11.9. The Hall–Kier alpha value is -2.28. The van der Waals surface area contributed by atoms with Crippen LogP contribution in [0.15, 0.2) is 29.8 Å². The van der Waals surface area contributed by atoms with Crippen molar-refractivity contribution in [2.75, 3.05) is 0 Å². The number of nitrogens with one attached hydrogen (secondary N) is 2. The van der Waals surface area contributed by atoms with Crippen LogP contribution >= 0.6 is 11.3 Å². The first-order valence-corrected chi connectivity index (χ1v) is 6.18. The summed E-state index contributed by atoms with van der Waals surface area (Å²) >= 11 is 1.51. The van der Waals surface area contributed by atoms with E-state index in [1.54, 1.807) is 24.4 Å². The average Bonchev–Trinajstić information content (AvgIpc) is 3.05. The molecule has 0 aliphatic rings. The van der Waals surface area contributed by atoms with Gasteiger partial charge >= 0.3 is 0 Å². The molecule has 0 aliphatic carbocycles. The van der Waals surface area contributed by atoms with Crippen LogP contribution in [-0.2, 0) is 6.54 Å². The van der Waals surface area contributed by atoms with Crippen molar-refractivity contribution in [3.63, 3.8) is 0 Å². The zero-order chi connectivity index (χ0) is 12.4. The molecule has 2 aromatic heterocycles. The molecular formula is C11H9N5OS. The van der Waals surface area contributed by atoms with Crippen molar-refractivity contribution in [2.24, 2.45) is 0 Å². The minimum atomic E-state index is -0.143. The fraction of sp³-hybridized carbons (Fsp3) is 0.0909. The molecule has 3 aromatic rings. The zero-order valence-electron chi connectivity index (χ0n) is 9.25. The van der Waals surface area contributed by atoms with Gasteiger partial charge < -0.3 is 5.32 Å². The molecule has 6 nitrogen and oxygen atoms in total. The van der Waals surface area contributed by atoms with Crippen LogP contribution in [0.1, 0.15) is 15.4 Å². The molecule has 0 radical (unpaired) electrons. The van der Waals surface area contributed by atoms with Gasteiger partial charge in [0.25, 0.3) is 5.91 Å². The fourth-order valence-electron chi connectivity index (χ4n) is 1.58. The number of fused-ring (bicyclic) bond motifs is 1. The molecule has 0 bridgehead atoms. The van der Waals surface area contributed by atoms with Gasteiger partial charge in [-0.15, -0.1) is 11.3 Å². The van der Waals surface area contributed by atoms with E-state index >= 15 is 0 Å². The molecule has 90 valence electrons. The maximum absolute atomic E-state index is 11.9. The molecule has 3 rings (SSSR count). The van der Waals surface area contributed by atoms with Crippen LogP contribution in [0.3, 0.4) is 0 Å². The smallest absolute Gasteiger partial charge is 0.251 e. The minimum absolute atomic E-state index is 0.143. The third-order valence-electron chi connectivity index (χ3n) is 2.46. The quantitative estimate of drug-likeness (QED) is 0.743. The lowest BCUT2D eigenvalue weighted by Gasteiger charge is -2.02. The molecule has 1 aromatic carbocycles. The second-order valence-electron chi connectivity index (χ2n) is 3.64. The number of thiazole rings is 1. The van der Waals surface area contributed by atoms with Crippen LogP contribution in [0.5, 0.6) is 0 Å². The Morgan fingerprint density at radius 1 is 1.33 bits per heavy atom. The SMILES string of the molecule is O=C(NCc1nccs1)c1ccc2n[nH]nc2c1. The van der Waals surface area contributed by atoms with Gasteiger partial charge in [-0.3, -0.25) is 4.79 Å². The van der Waals surface area contributed by atoms with E-state index < -0.39 is 0 Å². The number of nitrogens with zero attached hydrogens (tertiary/aromatic N) is 3. The average molecular weight is 259 g/mol. The van der Waals surface area contributed by atoms with Gasteiger partial charge in [0.1, 0.15) is 16.0 Å². The van der Waals surface area contributed by atoms with Gasteiger partial charge in [0.05, 0.1) is 6.54 Å². The molecule has 2 heterocycles. The number of carbonyl (C=O) groups is 1. The highest BCUT2D eigenvalue weighted by molar-refractivity contribution is 7.09. The molecule has 1 amide bonds. The number of H-pyrrole nitrogens is 1. The molecular weight excluding hydrogens is 250 g/mol. The van der Waals surface area contributed by atoms with E-state index in [4.69, 9.17) is 0 Å². The summed E-state index contributed by atoms with van der Waals surface area (Å²) in [5.74, 6) is -0.143. The number of rotatable bonds is 3. The summed E-state index contributed by atoms with van der Waals surface area (Å²) in [5.41, 5.74) is 1.98. The van der Waals surface area contributed by atoms with E-state index in [2.05, 4.69) is 25.7 Å². The molecule has 0 aliphatic heterocycles. The number of aromatic amines is 1. The lowest BCUT2D eigenvalue weighted by molar-refractivity contribution is 0.0951. The van der Waals surface area contributed by atoms with E-state index in [0.29, 0.717) is 17.6 Å². The monoisotopic (exact) mass is 259 g/mol. The summed E-state index contributed by atoms with van der Waals surface area (Å²) in [5, 5.41) is 16.0. The molecule has 2 N–H and O–H groups in total. The molecule has 0 saturated carbocycles. The Balaban J connectivity index is 1.75. The van der Waals surface area contributed by atoms with Crippen LogP contribution in [0.4, 0.5) is 0 Å². The summed E-state index contributed by atoms with van der Waals surface area (Å²) in [6.07, 6.45) is 1.72. The van der Waals surface area contributed by atoms with Crippen LogP contribution < -0.4 is 5.32 Å². The van der Waals surface area contributed by atoms with Gasteiger partial charge in [-0.2, -0.15) is 15.4 Å². The topological polar surface area (TPSA) is 83.6 Å². The van der Waals surface area contributed by atoms with Crippen LogP contribution in [0.25, 0.3) is 11.0 Å². The van der Waals surface area contributed by atoms with Crippen molar-refractivity contribution in [3.05, 3.63) is 40.3 Å². The second kappa shape index (κ2) is 4.53. The Morgan fingerprint density at radius 3 is 3.06 bits per heavy atom. The van der Waals surface area contributed by atoms with Crippen LogP contribution in [0, 0.1) is 0 Å². The van der Waals surface area contributed by atoms with Crippen molar-refractivity contribution in [1.82, 2.24) is 25.7 Å². The number of amides is 1. The molecule has 0 unspecified atom stereocenters. The number of aromatic nitrogens is 4. The highest BCUT2D eigenvalue weighted by Crippen LogP contribution is 2.11. The Bertz CT molecular complexity index is 676. The first-order chi connectivity index (χ1) is 8.83. The first-order valence-electron chi connectivity index (χ1n) is 5.30. The van der Waals surface area contributed by atoms with Crippen LogP contribution in [0.2, 0.25) is 0 Å². The molecule has 0 atom stereocenters. The predicted molar refractivity (Wildman–Crippen MR) is 67.2 cm³/mol. The van der Waals surface area contributed by atoms with Crippen molar-refractivity contribution in [3.8, 4) is 0 Å². The largest absolute Gasteiger partial charge is 0.346 e. The zero-order valence-corrected chi connectivity index (χ0v) is 10.1. The molecule has 0 saturated heterocycles. The number of benzene rings is 1. The van der Waals surface area contributed by atoms with Gasteiger partial charge in [0.2, 0.25) is 0 Å². The van der Waals surface area contributed by atoms with Gasteiger partial charge in [-0.25, -0.2) is 4.98 Å². The summed E-state index contributed by atoms with van der Waals surface area (Å²) in [6.45, 7) is 0.438. The van der Waals surface area contributed by atoms with Crippen molar-refractivity contribution in [1.29, 1.82) is 0 Å². The summed E-state index contributed by atoms with van der Waals surface area (Å²) in [7, 11) is 0. The Labute approximate surface area is 106 Å². The van der Waals surface area contributed by atoms with Gasteiger partial charge in [-0.05, 0) is 18.2 Å². The van der Waals surface area contributed by atoms with Crippen molar-refractivity contribution >= 4 is 28.3 Å². The van der Waals surface area contributed by atoms with Gasteiger partial charge in [0, 0.05) is 17.1 Å². The fourth-order valence-corrected chi connectivity index (χ4v) is 2.14. The maximum Gasteiger partial charge on any atom is 0.251 e. The lowest BCUT2D eigenvalue weighted by Crippen LogP contribution is -2.22. The molecule has 0 fully saturated rings. The predicted octanol–water partition coefficient (Wildman–Crippen LogP) is 1.34. The minimum Gasteiger partial charge on any atom is -0.346 e. The molecule has 0 spiro atoms.